The number of sulfonamides is 1. The lowest BCUT2D eigenvalue weighted by Crippen LogP contribution is -2.45. The lowest BCUT2D eigenvalue weighted by molar-refractivity contribution is -0.148. The van der Waals surface area contributed by atoms with Crippen LogP contribution in [0.25, 0.3) is 0 Å². The second-order valence-corrected chi connectivity index (χ2v) is 8.96. The Hall–Kier alpha value is -2.23. The number of methoxy groups -OCH3 is 1. The number of hydrogen-bond donors (Lipinski definition) is 1. The van der Waals surface area contributed by atoms with Gasteiger partial charge in [0.15, 0.2) is 0 Å². The van der Waals surface area contributed by atoms with Crippen molar-refractivity contribution in [3.63, 3.8) is 0 Å². The summed E-state index contributed by atoms with van der Waals surface area (Å²) in [5.74, 6) is -1.42. The van der Waals surface area contributed by atoms with Gasteiger partial charge in [-0.2, -0.15) is 4.72 Å². The van der Waals surface area contributed by atoms with Crippen LogP contribution in [-0.4, -0.2) is 33.5 Å². The molecule has 2 rings (SSSR count). The van der Waals surface area contributed by atoms with Gasteiger partial charge in [0.05, 0.1) is 12.7 Å². The van der Waals surface area contributed by atoms with E-state index in [0.717, 1.165) is 11.3 Å². The molecular weight excluding hydrogens is 390 g/mol. The first kappa shape index (κ1) is 21.1. The zero-order valence-electron chi connectivity index (χ0n) is 15.2. The normalized spacial score (nSPS) is 12.6. The quantitative estimate of drug-likeness (QED) is 0.671. The van der Waals surface area contributed by atoms with Gasteiger partial charge in [-0.25, -0.2) is 13.2 Å². The average Bonchev–Trinajstić information content (AvgIpc) is 3.19. The van der Waals surface area contributed by atoms with Gasteiger partial charge in [-0.15, -0.1) is 11.3 Å². The highest BCUT2D eigenvalue weighted by Crippen LogP contribution is 2.18. The predicted molar refractivity (Wildman–Crippen MR) is 101 cm³/mol. The van der Waals surface area contributed by atoms with Gasteiger partial charge in [-0.1, -0.05) is 32.0 Å². The van der Waals surface area contributed by atoms with Crippen molar-refractivity contribution in [1.82, 2.24) is 4.72 Å². The Morgan fingerprint density at radius 3 is 2.33 bits per heavy atom. The van der Waals surface area contributed by atoms with Crippen molar-refractivity contribution in [2.45, 2.75) is 30.7 Å². The Bertz CT molecular complexity index is 873. The third kappa shape index (κ3) is 5.62. The lowest BCUT2D eigenvalue weighted by Gasteiger charge is -2.20. The van der Waals surface area contributed by atoms with Crippen LogP contribution in [0.1, 0.15) is 29.8 Å². The van der Waals surface area contributed by atoms with Gasteiger partial charge in [0.1, 0.15) is 16.9 Å². The van der Waals surface area contributed by atoms with Crippen LogP contribution in [-0.2, 0) is 30.9 Å². The molecule has 0 fully saturated rings. The highest BCUT2D eigenvalue weighted by Gasteiger charge is 2.30. The molecule has 7 nitrogen and oxygen atoms in total. The molecule has 27 heavy (non-hydrogen) atoms. The van der Waals surface area contributed by atoms with Gasteiger partial charge in [0, 0.05) is 0 Å². The Morgan fingerprint density at radius 1 is 1.15 bits per heavy atom. The minimum atomic E-state index is -3.79. The summed E-state index contributed by atoms with van der Waals surface area (Å²) in [5, 5.41) is 1.65. The number of rotatable bonds is 8. The number of carbonyl (C=O) groups is 2. The van der Waals surface area contributed by atoms with Crippen molar-refractivity contribution in [3.05, 3.63) is 52.9 Å². The molecule has 146 valence electrons. The first-order chi connectivity index (χ1) is 12.7. The maximum atomic E-state index is 12.4. The summed E-state index contributed by atoms with van der Waals surface area (Å²) in [7, 11) is -2.50. The maximum absolute atomic E-state index is 12.4. The number of ether oxygens (including phenoxy) is 2. The molecule has 0 aliphatic rings. The molecule has 0 aliphatic heterocycles. The molecule has 1 heterocycles. The number of thiophene rings is 1. The van der Waals surface area contributed by atoms with Crippen LogP contribution < -0.4 is 4.72 Å². The van der Waals surface area contributed by atoms with Crippen molar-refractivity contribution in [3.8, 4) is 0 Å². The summed E-state index contributed by atoms with van der Waals surface area (Å²) in [4.78, 5) is 23.8. The zero-order valence-corrected chi connectivity index (χ0v) is 16.8. The van der Waals surface area contributed by atoms with Crippen LogP contribution in [0.4, 0.5) is 0 Å². The summed E-state index contributed by atoms with van der Waals surface area (Å²) < 4.78 is 37.2. The Kier molecular flexibility index (Phi) is 7.11. The molecule has 1 N–H and O–H groups in total. The van der Waals surface area contributed by atoms with Crippen LogP contribution in [0.2, 0.25) is 0 Å². The van der Waals surface area contributed by atoms with E-state index in [-0.39, 0.29) is 16.7 Å². The lowest BCUT2D eigenvalue weighted by atomic mass is 10.1. The summed E-state index contributed by atoms with van der Waals surface area (Å²) in [6, 6.07) is 8.49. The van der Waals surface area contributed by atoms with E-state index < -0.39 is 28.0 Å². The fourth-order valence-electron chi connectivity index (χ4n) is 2.20. The largest absolute Gasteiger partial charge is 0.465 e. The van der Waals surface area contributed by atoms with Crippen LogP contribution in [0.3, 0.4) is 0 Å². The van der Waals surface area contributed by atoms with E-state index >= 15 is 0 Å². The fourth-order valence-corrected chi connectivity index (χ4v) is 4.54. The van der Waals surface area contributed by atoms with Gasteiger partial charge in [-0.05, 0) is 35.1 Å². The number of carbonyl (C=O) groups excluding carboxylic acids is 2. The molecule has 0 unspecified atom stereocenters. The van der Waals surface area contributed by atoms with Crippen molar-refractivity contribution >= 4 is 33.3 Å². The minimum absolute atomic E-state index is 0.0375. The van der Waals surface area contributed by atoms with Crippen LogP contribution >= 0.6 is 11.3 Å². The number of benzene rings is 1. The molecule has 1 aromatic heterocycles. The van der Waals surface area contributed by atoms with E-state index in [1.807, 2.05) is 0 Å². The second-order valence-electron chi connectivity index (χ2n) is 6.07. The minimum Gasteiger partial charge on any atom is -0.465 e. The number of hydrogen-bond acceptors (Lipinski definition) is 7. The van der Waals surface area contributed by atoms with Crippen LogP contribution in [0.5, 0.6) is 0 Å². The Balaban J connectivity index is 2.02. The van der Waals surface area contributed by atoms with Gasteiger partial charge in [0.2, 0.25) is 0 Å². The first-order valence-electron chi connectivity index (χ1n) is 8.14. The van der Waals surface area contributed by atoms with E-state index in [2.05, 4.69) is 9.46 Å². The van der Waals surface area contributed by atoms with E-state index in [1.165, 1.54) is 13.2 Å². The Morgan fingerprint density at radius 2 is 1.81 bits per heavy atom. The van der Waals surface area contributed by atoms with Gasteiger partial charge in [-0.3, -0.25) is 4.79 Å². The second kappa shape index (κ2) is 9.12. The van der Waals surface area contributed by atoms with Crippen LogP contribution in [0.15, 0.2) is 46.0 Å². The maximum Gasteiger partial charge on any atom is 0.337 e. The van der Waals surface area contributed by atoms with E-state index in [0.29, 0.717) is 11.1 Å². The molecule has 0 amide bonds. The van der Waals surface area contributed by atoms with E-state index in [1.54, 1.807) is 49.6 Å². The molecule has 0 spiro atoms. The summed E-state index contributed by atoms with van der Waals surface area (Å²) in [6.45, 7) is 3.42. The standard InChI is InChI=1S/C18H21NO6S2/c1-12(2)16(19-27(22,23)15-5-4-10-26-15)18(21)25-11-13-6-8-14(9-7-13)17(20)24-3/h4-10,12,16,19H,11H2,1-3H3/t16-/m0/s1. The van der Waals surface area contributed by atoms with E-state index in [9.17, 15) is 18.0 Å². The average molecular weight is 412 g/mol. The molecule has 9 heteroatoms. The molecule has 0 bridgehead atoms. The molecule has 2 aromatic rings. The van der Waals surface area contributed by atoms with Gasteiger partial charge >= 0.3 is 11.9 Å². The van der Waals surface area contributed by atoms with Gasteiger partial charge < -0.3 is 9.47 Å². The third-order valence-corrected chi connectivity index (χ3v) is 6.56. The molecule has 0 aliphatic carbocycles. The predicted octanol–water partition coefficient (Wildman–Crippen LogP) is 2.58. The van der Waals surface area contributed by atoms with E-state index in [4.69, 9.17) is 4.74 Å². The smallest absolute Gasteiger partial charge is 0.337 e. The fraction of sp³-hybridized carbons (Fsp3) is 0.333. The molecule has 1 aromatic carbocycles. The van der Waals surface area contributed by atoms with Gasteiger partial charge in [0.25, 0.3) is 10.0 Å². The summed E-state index contributed by atoms with van der Waals surface area (Å²) in [6.07, 6.45) is 0. The highest BCUT2D eigenvalue weighted by atomic mass is 32.2. The number of esters is 2. The van der Waals surface area contributed by atoms with Crippen molar-refractivity contribution < 1.29 is 27.5 Å². The molecular formula is C18H21NO6S2. The van der Waals surface area contributed by atoms with Crippen molar-refractivity contribution in [2.75, 3.05) is 7.11 Å². The molecule has 0 radical (unpaired) electrons. The van der Waals surface area contributed by atoms with Crippen LogP contribution in [0, 0.1) is 5.92 Å². The van der Waals surface area contributed by atoms with Crippen molar-refractivity contribution in [2.24, 2.45) is 5.92 Å². The van der Waals surface area contributed by atoms with Crippen molar-refractivity contribution in [1.29, 1.82) is 0 Å². The summed E-state index contributed by atoms with van der Waals surface area (Å²) >= 11 is 1.07. The third-order valence-electron chi connectivity index (χ3n) is 3.72. The Labute approximate surface area is 162 Å². The first-order valence-corrected chi connectivity index (χ1v) is 10.5. The number of nitrogens with one attached hydrogen (secondary N) is 1. The molecule has 1 atom stereocenters. The molecule has 0 saturated heterocycles. The topological polar surface area (TPSA) is 98.8 Å². The zero-order chi connectivity index (χ0) is 20.0. The monoisotopic (exact) mass is 411 g/mol. The highest BCUT2D eigenvalue weighted by molar-refractivity contribution is 7.91. The molecule has 0 saturated carbocycles. The summed E-state index contributed by atoms with van der Waals surface area (Å²) in [5.41, 5.74) is 1.05. The SMILES string of the molecule is COC(=O)c1ccc(COC(=O)[C@@H](NS(=O)(=O)c2cccs2)C(C)C)cc1.